The van der Waals surface area contributed by atoms with Gasteiger partial charge in [0.15, 0.2) is 11.5 Å². The van der Waals surface area contributed by atoms with Crippen molar-refractivity contribution in [2.45, 2.75) is 6.61 Å². The Morgan fingerprint density at radius 1 is 1.24 bits per heavy atom. The fourth-order valence-corrected chi connectivity index (χ4v) is 2.32. The van der Waals surface area contributed by atoms with Crippen LogP contribution in [0.1, 0.15) is 11.1 Å². The molecule has 0 aliphatic carbocycles. The zero-order chi connectivity index (χ0) is 15.4. The zero-order valence-electron chi connectivity index (χ0n) is 11.3. The summed E-state index contributed by atoms with van der Waals surface area (Å²) in [5.41, 5.74) is 6.67. The third-order valence-corrected chi connectivity index (χ3v) is 3.25. The van der Waals surface area contributed by atoms with Crippen LogP contribution >= 0.6 is 15.9 Å². The van der Waals surface area contributed by atoms with Crippen LogP contribution in [0.25, 0.3) is 0 Å². The fraction of sp³-hybridized carbons (Fsp3) is 0.133. The second-order valence-electron chi connectivity index (χ2n) is 4.35. The van der Waals surface area contributed by atoms with Crippen molar-refractivity contribution in [3.05, 3.63) is 57.8 Å². The number of ether oxygens (including phenoxy) is 2. The second kappa shape index (κ2) is 6.58. The average Bonchev–Trinajstić information content (AvgIpc) is 2.43. The molecule has 0 amide bonds. The normalized spacial score (nSPS) is 10.2. The van der Waals surface area contributed by atoms with Crippen molar-refractivity contribution in [3.8, 4) is 11.5 Å². The highest BCUT2D eigenvalue weighted by atomic mass is 79.9. The number of methoxy groups -OCH3 is 1. The number of halogens is 2. The molecule has 0 aliphatic heterocycles. The van der Waals surface area contributed by atoms with Crippen LogP contribution in [0.3, 0.4) is 0 Å². The lowest BCUT2D eigenvalue weighted by Gasteiger charge is -2.12. The van der Waals surface area contributed by atoms with Gasteiger partial charge in [-0.25, -0.2) is 4.39 Å². The predicted octanol–water partition coefficient (Wildman–Crippen LogP) is 3.46. The van der Waals surface area contributed by atoms with E-state index in [-0.39, 0.29) is 18.3 Å². The summed E-state index contributed by atoms with van der Waals surface area (Å²) in [6.45, 7) is 0.201. The smallest absolute Gasteiger partial charge is 0.161 e. The first-order chi connectivity index (χ1) is 9.99. The van der Waals surface area contributed by atoms with E-state index in [9.17, 15) is 4.39 Å². The van der Waals surface area contributed by atoms with E-state index in [2.05, 4.69) is 15.9 Å². The van der Waals surface area contributed by atoms with Gasteiger partial charge in [0.2, 0.25) is 0 Å². The van der Waals surface area contributed by atoms with Gasteiger partial charge in [-0.3, -0.25) is 5.41 Å². The maximum atomic E-state index is 13.3. The van der Waals surface area contributed by atoms with E-state index in [1.807, 2.05) is 0 Å². The molecule has 0 saturated heterocycles. The molecule has 0 fully saturated rings. The van der Waals surface area contributed by atoms with E-state index in [4.69, 9.17) is 20.6 Å². The zero-order valence-corrected chi connectivity index (χ0v) is 12.9. The van der Waals surface area contributed by atoms with E-state index in [0.29, 0.717) is 27.1 Å². The Kier molecular flexibility index (Phi) is 4.80. The number of benzene rings is 2. The summed E-state index contributed by atoms with van der Waals surface area (Å²) >= 11 is 3.24. The number of nitrogens with two attached hydrogens (primary N) is 1. The van der Waals surface area contributed by atoms with E-state index < -0.39 is 0 Å². The molecule has 0 spiro atoms. The number of hydrogen-bond donors (Lipinski definition) is 2. The van der Waals surface area contributed by atoms with Gasteiger partial charge < -0.3 is 15.2 Å². The summed E-state index contributed by atoms with van der Waals surface area (Å²) in [7, 11) is 1.50. The van der Waals surface area contributed by atoms with E-state index >= 15 is 0 Å². The minimum Gasteiger partial charge on any atom is -0.493 e. The first kappa shape index (κ1) is 15.3. The van der Waals surface area contributed by atoms with Crippen LogP contribution in [0.4, 0.5) is 4.39 Å². The molecule has 4 nitrogen and oxygen atoms in total. The van der Waals surface area contributed by atoms with Crippen molar-refractivity contribution in [3.63, 3.8) is 0 Å². The minimum atomic E-state index is -0.332. The molecule has 21 heavy (non-hydrogen) atoms. The lowest BCUT2D eigenvalue weighted by atomic mass is 10.2. The molecule has 0 radical (unpaired) electrons. The molecule has 2 aromatic rings. The number of amidine groups is 1. The maximum Gasteiger partial charge on any atom is 0.161 e. The molecule has 0 aliphatic rings. The van der Waals surface area contributed by atoms with Crippen molar-refractivity contribution in [2.24, 2.45) is 5.73 Å². The summed E-state index contributed by atoms with van der Waals surface area (Å²) in [6.07, 6.45) is 0. The van der Waals surface area contributed by atoms with Crippen molar-refractivity contribution < 1.29 is 13.9 Å². The summed E-state index contributed by atoms with van der Waals surface area (Å²) in [5, 5.41) is 7.40. The molecular weight excluding hydrogens is 339 g/mol. The molecule has 2 rings (SSSR count). The predicted molar refractivity (Wildman–Crippen MR) is 82.4 cm³/mol. The highest BCUT2D eigenvalue weighted by Gasteiger charge is 2.08. The molecule has 0 bridgehead atoms. The summed E-state index contributed by atoms with van der Waals surface area (Å²) in [6, 6.07) is 9.52. The van der Waals surface area contributed by atoms with Crippen LogP contribution in [0.2, 0.25) is 0 Å². The van der Waals surface area contributed by atoms with Gasteiger partial charge in [-0.05, 0) is 42.0 Å². The number of nitrogens with one attached hydrogen (secondary N) is 1. The van der Waals surface area contributed by atoms with Crippen molar-refractivity contribution in [1.29, 1.82) is 5.41 Å². The van der Waals surface area contributed by atoms with Gasteiger partial charge in [0.1, 0.15) is 18.3 Å². The molecule has 0 saturated carbocycles. The van der Waals surface area contributed by atoms with E-state index in [1.165, 1.54) is 19.2 Å². The highest BCUT2D eigenvalue weighted by Crippen LogP contribution is 2.29. The molecule has 2 aromatic carbocycles. The Bertz CT molecular complexity index is 656. The maximum absolute atomic E-state index is 13.3. The number of rotatable bonds is 5. The largest absolute Gasteiger partial charge is 0.493 e. The molecule has 3 N–H and O–H groups in total. The van der Waals surface area contributed by atoms with E-state index in [1.54, 1.807) is 24.3 Å². The Labute approximate surface area is 130 Å². The summed E-state index contributed by atoms with van der Waals surface area (Å²) < 4.78 is 24.8. The lowest BCUT2D eigenvalue weighted by molar-refractivity contribution is 0.284. The van der Waals surface area contributed by atoms with Gasteiger partial charge in [-0.15, -0.1) is 0 Å². The molecule has 110 valence electrons. The van der Waals surface area contributed by atoms with Crippen molar-refractivity contribution in [2.75, 3.05) is 7.11 Å². The van der Waals surface area contributed by atoms with Gasteiger partial charge in [0.05, 0.1) is 7.11 Å². The first-order valence-corrected chi connectivity index (χ1v) is 6.89. The monoisotopic (exact) mass is 352 g/mol. The van der Waals surface area contributed by atoms with Crippen LogP contribution in [-0.2, 0) is 6.61 Å². The standard InChI is InChI=1S/C15H14BrFN2O2/c1-20-14-6-10(15(18)19)2-3-13(14)21-8-9-4-11(16)7-12(17)5-9/h2-7H,8H2,1H3,(H3,18,19). The van der Waals surface area contributed by atoms with Crippen LogP contribution < -0.4 is 15.2 Å². The summed E-state index contributed by atoms with van der Waals surface area (Å²) in [4.78, 5) is 0. The molecule has 0 heterocycles. The third kappa shape index (κ3) is 3.95. The Hall–Kier alpha value is -2.08. The number of hydrogen-bond acceptors (Lipinski definition) is 3. The Morgan fingerprint density at radius 3 is 2.62 bits per heavy atom. The molecule has 0 aromatic heterocycles. The Balaban J connectivity index is 2.17. The van der Waals surface area contributed by atoms with E-state index in [0.717, 1.165) is 0 Å². The lowest BCUT2D eigenvalue weighted by Crippen LogP contribution is -2.11. The summed E-state index contributed by atoms with van der Waals surface area (Å²) in [5.74, 6) is 0.594. The average molecular weight is 353 g/mol. The van der Waals surface area contributed by atoms with Crippen molar-refractivity contribution >= 4 is 21.8 Å². The SMILES string of the molecule is COc1cc(C(=N)N)ccc1OCc1cc(F)cc(Br)c1. The van der Waals surface area contributed by atoms with Gasteiger partial charge in [0.25, 0.3) is 0 Å². The molecular formula is C15H14BrFN2O2. The third-order valence-electron chi connectivity index (χ3n) is 2.79. The second-order valence-corrected chi connectivity index (χ2v) is 5.26. The number of nitrogen functional groups attached to an aromatic ring is 1. The minimum absolute atomic E-state index is 0.0473. The molecule has 0 unspecified atom stereocenters. The quantitative estimate of drug-likeness (QED) is 0.639. The van der Waals surface area contributed by atoms with Gasteiger partial charge in [-0.1, -0.05) is 15.9 Å². The van der Waals surface area contributed by atoms with Gasteiger partial charge in [0, 0.05) is 10.0 Å². The van der Waals surface area contributed by atoms with Crippen LogP contribution in [0, 0.1) is 11.2 Å². The topological polar surface area (TPSA) is 68.3 Å². The van der Waals surface area contributed by atoms with Crippen LogP contribution in [-0.4, -0.2) is 12.9 Å². The van der Waals surface area contributed by atoms with Gasteiger partial charge in [-0.2, -0.15) is 0 Å². The van der Waals surface area contributed by atoms with Gasteiger partial charge >= 0.3 is 0 Å². The Morgan fingerprint density at radius 2 is 2.00 bits per heavy atom. The molecule has 6 heteroatoms. The van der Waals surface area contributed by atoms with Crippen LogP contribution in [0.15, 0.2) is 40.9 Å². The molecule has 0 atom stereocenters. The first-order valence-electron chi connectivity index (χ1n) is 6.10. The highest BCUT2D eigenvalue weighted by molar-refractivity contribution is 9.10. The van der Waals surface area contributed by atoms with Crippen LogP contribution in [0.5, 0.6) is 11.5 Å². The fourth-order valence-electron chi connectivity index (χ4n) is 1.81. The van der Waals surface area contributed by atoms with Crippen molar-refractivity contribution in [1.82, 2.24) is 0 Å².